The maximum Gasteiger partial charge on any atom is 0.305 e. The number of aliphatic carboxylic acids is 2. The van der Waals surface area contributed by atoms with E-state index < -0.39 is 158 Å². The van der Waals surface area contributed by atoms with E-state index in [1.807, 2.05) is 0 Å². The SMILES string of the molecule is C.NC(N)=NCCC[C@@H]1NC(=O)[C@H](CCCCNC(=O)CCOCCNC(=O)CCS)NC(=O)[C@@H](Cc2ccc(O)cc2)CC(=O)[C@H](CC(=O)O)NC(=O)CNC1=O.NCCCC[C@@H]1NC(=O)[C@@H](Cc2ccc(O)cc2)CC(=O)[C@H](CC(=O)O)NC(=O)CNC(=O)[C@H](CCCN=C(N)N)NC1=O. The molecule has 2 fully saturated rings. The second-order valence-electron chi connectivity index (χ2n) is 23.8. The third kappa shape index (κ3) is 36.8. The first-order valence-corrected chi connectivity index (χ1v) is 33.6. The van der Waals surface area contributed by atoms with Crippen LogP contribution in [0, 0.1) is 11.8 Å². The van der Waals surface area contributed by atoms with Gasteiger partial charge in [0.25, 0.3) is 0 Å². The van der Waals surface area contributed by atoms with E-state index in [1.54, 1.807) is 24.3 Å². The molecule has 2 aromatic carbocycles. The summed E-state index contributed by atoms with van der Waals surface area (Å²) in [5.41, 5.74) is 28.3. The summed E-state index contributed by atoms with van der Waals surface area (Å²) in [6, 6.07) is 4.15. The van der Waals surface area contributed by atoms with Gasteiger partial charge in [-0.3, -0.25) is 77.1 Å². The average Bonchev–Trinajstić information content (AvgIpc) is 1.28. The van der Waals surface area contributed by atoms with Gasteiger partial charge in [-0.25, -0.2) is 0 Å². The van der Waals surface area contributed by atoms with Crippen LogP contribution in [0.25, 0.3) is 0 Å². The summed E-state index contributed by atoms with van der Waals surface area (Å²) in [5, 5.41) is 63.9. The van der Waals surface area contributed by atoms with Gasteiger partial charge in [0.05, 0.1) is 51.2 Å². The summed E-state index contributed by atoms with van der Waals surface area (Å²) in [4.78, 5) is 188. The Morgan fingerprint density at radius 3 is 1.27 bits per heavy atom. The number of carbonyl (C=O) groups excluding carboxylic acids is 12. The Hall–Kier alpha value is -10.2. The van der Waals surface area contributed by atoms with Crippen molar-refractivity contribution in [1.82, 2.24) is 53.2 Å². The molecular weight excluding hydrogens is 1350 g/mol. The summed E-state index contributed by atoms with van der Waals surface area (Å²) in [6.45, 7) is 0.301. The maximum absolute atomic E-state index is 13.9. The number of carbonyl (C=O) groups is 14. The Kier molecular flexibility index (Phi) is 41.9. The molecule has 0 radical (unpaired) electrons. The molecule has 0 aliphatic carbocycles. The number of amides is 10. The molecule has 24 N–H and O–H groups in total. The minimum atomic E-state index is -1.53. The third-order valence-corrected chi connectivity index (χ3v) is 15.7. The number of carboxylic acids is 2. The molecule has 0 bridgehead atoms. The number of Topliss-reactive ketones (excluding diaryl/α,β-unsaturated/α-hetero) is 2. The van der Waals surface area contributed by atoms with E-state index in [4.69, 9.17) is 33.4 Å². The molecule has 10 amide bonds. The van der Waals surface area contributed by atoms with Gasteiger partial charge in [0.15, 0.2) is 23.5 Å². The molecule has 4 rings (SSSR count). The topological polar surface area (TPSA) is 604 Å². The number of phenols is 2. The Bertz CT molecular complexity index is 3170. The molecule has 102 heavy (non-hydrogen) atoms. The highest BCUT2D eigenvalue weighted by molar-refractivity contribution is 7.80. The lowest BCUT2D eigenvalue weighted by atomic mass is 9.90. The lowest BCUT2D eigenvalue weighted by molar-refractivity contribution is -0.141. The Morgan fingerprint density at radius 2 is 0.873 bits per heavy atom. The van der Waals surface area contributed by atoms with E-state index in [1.165, 1.54) is 24.3 Å². The van der Waals surface area contributed by atoms with Crippen LogP contribution in [0.2, 0.25) is 0 Å². The van der Waals surface area contributed by atoms with Crippen molar-refractivity contribution in [2.24, 2.45) is 50.5 Å². The van der Waals surface area contributed by atoms with Gasteiger partial charge in [-0.05, 0) is 125 Å². The number of rotatable bonds is 33. The zero-order valence-corrected chi connectivity index (χ0v) is 57.1. The minimum Gasteiger partial charge on any atom is -0.508 e. The van der Waals surface area contributed by atoms with Crippen LogP contribution in [0.3, 0.4) is 0 Å². The number of aromatic hydroxyl groups is 2. The van der Waals surface area contributed by atoms with Crippen molar-refractivity contribution in [3.05, 3.63) is 59.7 Å². The number of hydrogen-bond donors (Lipinski definition) is 20. The van der Waals surface area contributed by atoms with Crippen molar-refractivity contribution in [3.8, 4) is 11.5 Å². The highest BCUT2D eigenvalue weighted by Gasteiger charge is 2.36. The van der Waals surface area contributed by atoms with Crippen LogP contribution >= 0.6 is 12.6 Å². The maximum atomic E-state index is 13.9. The fourth-order valence-electron chi connectivity index (χ4n) is 10.2. The largest absolute Gasteiger partial charge is 0.508 e. The van der Waals surface area contributed by atoms with Crippen molar-refractivity contribution < 1.29 is 92.3 Å². The number of carboxylic acid groups (broad SMARTS) is 2. The first-order chi connectivity index (χ1) is 48.1. The zero-order chi connectivity index (χ0) is 74.8. The highest BCUT2D eigenvalue weighted by Crippen LogP contribution is 2.22. The lowest BCUT2D eigenvalue weighted by Gasteiger charge is -2.25. The normalized spacial score (nSPS) is 20.3. The molecule has 0 aromatic heterocycles. The van der Waals surface area contributed by atoms with Crippen LogP contribution in [0.4, 0.5) is 0 Å². The summed E-state index contributed by atoms with van der Waals surface area (Å²) in [7, 11) is 0. The van der Waals surface area contributed by atoms with Crippen LogP contribution in [-0.2, 0) is 84.7 Å². The van der Waals surface area contributed by atoms with Gasteiger partial charge in [0.2, 0.25) is 59.1 Å². The van der Waals surface area contributed by atoms with Crippen molar-refractivity contribution in [2.45, 2.75) is 159 Å². The van der Waals surface area contributed by atoms with Crippen molar-refractivity contribution >= 4 is 107 Å². The Morgan fingerprint density at radius 1 is 0.490 bits per heavy atom. The molecule has 37 heteroatoms. The predicted molar refractivity (Wildman–Crippen MR) is 375 cm³/mol. The molecule has 2 aliphatic heterocycles. The van der Waals surface area contributed by atoms with Gasteiger partial charge < -0.3 is 107 Å². The first-order valence-electron chi connectivity index (χ1n) is 33.0. The van der Waals surface area contributed by atoms with E-state index in [2.05, 4.69) is 75.8 Å². The molecule has 0 spiro atoms. The molecular formula is C65H101N17O19S. The molecule has 36 nitrogen and oxygen atoms in total. The highest BCUT2D eigenvalue weighted by atomic mass is 32.1. The summed E-state index contributed by atoms with van der Waals surface area (Å²) < 4.78 is 5.38. The minimum absolute atomic E-state index is 0. The van der Waals surface area contributed by atoms with Crippen LogP contribution in [0.15, 0.2) is 58.5 Å². The van der Waals surface area contributed by atoms with Crippen LogP contribution in [-0.4, -0.2) is 216 Å². The smallest absolute Gasteiger partial charge is 0.305 e. The molecule has 2 saturated heterocycles. The summed E-state index contributed by atoms with van der Waals surface area (Å²) in [5.74, 6) is -12.8. The molecule has 2 aromatic rings. The number of thiol groups is 1. The Labute approximate surface area is 596 Å². The van der Waals surface area contributed by atoms with E-state index in [-0.39, 0.29) is 133 Å². The van der Waals surface area contributed by atoms with E-state index >= 15 is 0 Å². The van der Waals surface area contributed by atoms with Gasteiger partial charge in [-0.15, -0.1) is 0 Å². The number of aliphatic imine (C=N–C) groups is 2. The predicted octanol–water partition coefficient (Wildman–Crippen LogP) is -3.86. The van der Waals surface area contributed by atoms with E-state index in [0.29, 0.717) is 62.1 Å². The van der Waals surface area contributed by atoms with Gasteiger partial charge in [-0.2, -0.15) is 12.6 Å². The fourth-order valence-corrected chi connectivity index (χ4v) is 10.4. The molecule has 8 atom stereocenters. The number of nitrogens with two attached hydrogens (primary N) is 5. The van der Waals surface area contributed by atoms with Crippen LogP contribution in [0.1, 0.15) is 121 Å². The van der Waals surface area contributed by atoms with Crippen LogP contribution in [0.5, 0.6) is 11.5 Å². The quantitative estimate of drug-likeness (QED) is 0.0141. The fraction of sp³-hybridized carbons (Fsp3) is 0.569. The number of guanidine groups is 2. The standard InChI is InChI=1S/C36H55N9O11S.C28H42N8O8.CH4/c37-36(38)41-13-3-5-25-34(54)42-21-31(50)43-27(20-32(51)52)28(47)19-23(18-22-6-8-24(46)9-7-22)33(53)44-26(35(55)45-25)4-1-2-12-39-29(48)10-15-56-16-14-40-30(49)11-17-57;29-10-2-1-4-20-27(44)36-19(5-3-11-32-28(30)31)26(43)33-15-23(39)34-21(14-24(40)41)22(38)13-17(25(42)35-20)12-16-6-8-18(37)9-7-16;/h6-9,23,25-27,46,57H,1-5,10-21H2,(H,39,48)(H,40,49)(H,42,54)(H,43,50)(H,44,53)(H,45,55)(H,51,52)(H4,37,38,41);6-9,17,19-21,37H,1-5,10-15,29H2,(H,33,43)(H,34,39)(H,35,42)(H,36,44)(H,40,41)(H4,30,31,32);1H4/t23-,25-,26-,27-;17-,19-,20-,21-;/m00./s1. The average molecular weight is 1460 g/mol. The number of hydrogen-bond acceptors (Lipinski definition) is 21. The number of benzene rings is 2. The van der Waals surface area contributed by atoms with Crippen molar-refractivity contribution in [2.75, 3.05) is 64.8 Å². The third-order valence-electron chi connectivity index (χ3n) is 15.5. The number of ketones is 2. The van der Waals surface area contributed by atoms with E-state index in [0.717, 1.165) is 0 Å². The number of unbranched alkanes of at least 4 members (excludes halogenated alkanes) is 2. The van der Waals surface area contributed by atoms with Crippen LogP contribution < -0.4 is 81.8 Å². The summed E-state index contributed by atoms with van der Waals surface area (Å²) >= 11 is 3.99. The molecule has 0 saturated carbocycles. The van der Waals surface area contributed by atoms with Gasteiger partial charge in [0.1, 0.15) is 35.7 Å². The summed E-state index contributed by atoms with van der Waals surface area (Å²) in [6.07, 6.45) is 0.444. The van der Waals surface area contributed by atoms with Gasteiger partial charge in [-0.1, -0.05) is 31.7 Å². The van der Waals surface area contributed by atoms with Gasteiger partial charge in [0, 0.05) is 63.7 Å². The Balaban J connectivity index is 0.000000709. The number of ether oxygens (including phenoxy) is 1. The monoisotopic (exact) mass is 1460 g/mol. The second-order valence-corrected chi connectivity index (χ2v) is 24.3. The molecule has 2 aliphatic rings. The van der Waals surface area contributed by atoms with E-state index in [9.17, 15) is 87.5 Å². The van der Waals surface area contributed by atoms with Crippen molar-refractivity contribution in [1.29, 1.82) is 0 Å². The molecule has 566 valence electrons. The second kappa shape index (κ2) is 48.6. The number of nitrogens with one attached hydrogen (secondary N) is 10. The van der Waals surface area contributed by atoms with Gasteiger partial charge >= 0.3 is 11.9 Å². The lowest BCUT2D eigenvalue weighted by Crippen LogP contribution is -2.55. The first kappa shape index (κ1) is 87.9. The number of phenolic OH excluding ortho intramolecular Hbond substituents is 2. The number of nitrogens with zero attached hydrogens (tertiary/aromatic N) is 2. The molecule has 2 heterocycles. The molecule has 0 unspecified atom stereocenters. The zero-order valence-electron chi connectivity index (χ0n) is 56.2. The van der Waals surface area contributed by atoms with Crippen molar-refractivity contribution in [3.63, 3.8) is 0 Å².